The standard InChI is InChI=1S/C20H23ClN2O3/c1-13-12-15(21)10-11-16(13)22-18(24)17(14-8-6-5-7-9-14)23-19(25)26-20(2,3)4/h5-12,17H,1-4H3,(H,22,24)(H,23,25). The third kappa shape index (κ3) is 5.77. The second-order valence-corrected chi connectivity index (χ2v) is 7.37. The van der Waals surface area contributed by atoms with Gasteiger partial charge in [0.15, 0.2) is 0 Å². The van der Waals surface area contributed by atoms with E-state index in [2.05, 4.69) is 10.6 Å². The average molecular weight is 375 g/mol. The van der Waals surface area contributed by atoms with Crippen LogP contribution in [0.25, 0.3) is 0 Å². The molecule has 0 saturated carbocycles. The van der Waals surface area contributed by atoms with Crippen molar-refractivity contribution in [1.29, 1.82) is 0 Å². The zero-order chi connectivity index (χ0) is 19.3. The summed E-state index contributed by atoms with van der Waals surface area (Å²) >= 11 is 5.96. The number of carbonyl (C=O) groups is 2. The smallest absolute Gasteiger partial charge is 0.408 e. The summed E-state index contributed by atoms with van der Waals surface area (Å²) in [6.45, 7) is 7.14. The molecular formula is C20H23ClN2O3. The van der Waals surface area contributed by atoms with E-state index in [0.717, 1.165) is 5.56 Å². The largest absolute Gasteiger partial charge is 0.444 e. The van der Waals surface area contributed by atoms with Crippen LogP contribution < -0.4 is 10.6 Å². The first kappa shape index (κ1) is 19.8. The quantitative estimate of drug-likeness (QED) is 0.803. The van der Waals surface area contributed by atoms with E-state index >= 15 is 0 Å². The Bertz CT molecular complexity index is 785. The first-order valence-corrected chi connectivity index (χ1v) is 8.65. The Kier molecular flexibility index (Phi) is 6.27. The van der Waals surface area contributed by atoms with Gasteiger partial charge in [0.25, 0.3) is 5.91 Å². The van der Waals surface area contributed by atoms with E-state index in [1.165, 1.54) is 0 Å². The molecule has 0 aliphatic heterocycles. The van der Waals surface area contributed by atoms with Crippen LogP contribution in [0.4, 0.5) is 10.5 Å². The maximum atomic E-state index is 12.8. The number of hydrogen-bond donors (Lipinski definition) is 2. The lowest BCUT2D eigenvalue weighted by Gasteiger charge is -2.23. The molecule has 2 aromatic rings. The zero-order valence-electron chi connectivity index (χ0n) is 15.3. The number of amides is 2. The Morgan fingerprint density at radius 1 is 1.08 bits per heavy atom. The Morgan fingerprint density at radius 2 is 1.73 bits per heavy atom. The van der Waals surface area contributed by atoms with Crippen molar-refractivity contribution in [2.24, 2.45) is 0 Å². The molecule has 0 aromatic heterocycles. The molecule has 138 valence electrons. The first-order chi connectivity index (χ1) is 12.2. The van der Waals surface area contributed by atoms with Crippen LogP contribution in [0.15, 0.2) is 48.5 Å². The second-order valence-electron chi connectivity index (χ2n) is 6.94. The van der Waals surface area contributed by atoms with Gasteiger partial charge in [-0.05, 0) is 57.0 Å². The van der Waals surface area contributed by atoms with Gasteiger partial charge in [0.1, 0.15) is 11.6 Å². The molecule has 2 amide bonds. The molecule has 0 aliphatic carbocycles. The van der Waals surface area contributed by atoms with Crippen molar-refractivity contribution in [2.45, 2.75) is 39.3 Å². The highest BCUT2D eigenvalue weighted by molar-refractivity contribution is 6.30. The number of aryl methyl sites for hydroxylation is 1. The average Bonchev–Trinajstić information content (AvgIpc) is 2.54. The van der Waals surface area contributed by atoms with Crippen LogP contribution in [0.3, 0.4) is 0 Å². The van der Waals surface area contributed by atoms with E-state index < -0.39 is 17.7 Å². The Balaban J connectivity index is 2.22. The molecule has 1 atom stereocenters. The first-order valence-electron chi connectivity index (χ1n) is 8.27. The molecule has 0 bridgehead atoms. The van der Waals surface area contributed by atoms with Crippen LogP contribution in [-0.2, 0) is 9.53 Å². The van der Waals surface area contributed by atoms with Crippen molar-refractivity contribution < 1.29 is 14.3 Å². The lowest BCUT2D eigenvalue weighted by molar-refractivity contribution is -0.118. The molecule has 0 radical (unpaired) electrons. The molecule has 0 fully saturated rings. The Hall–Kier alpha value is -2.53. The van der Waals surface area contributed by atoms with Gasteiger partial charge in [0, 0.05) is 10.7 Å². The van der Waals surface area contributed by atoms with Crippen LogP contribution in [0.1, 0.15) is 37.9 Å². The minimum atomic E-state index is -0.888. The maximum absolute atomic E-state index is 12.8. The third-order valence-electron chi connectivity index (χ3n) is 3.50. The number of ether oxygens (including phenoxy) is 1. The fraction of sp³-hybridized carbons (Fsp3) is 0.300. The molecule has 1 unspecified atom stereocenters. The summed E-state index contributed by atoms with van der Waals surface area (Å²) in [7, 11) is 0. The Morgan fingerprint density at radius 3 is 2.31 bits per heavy atom. The summed E-state index contributed by atoms with van der Waals surface area (Å²) in [5.41, 5.74) is 1.46. The van der Waals surface area contributed by atoms with Crippen molar-refractivity contribution in [1.82, 2.24) is 5.32 Å². The predicted molar refractivity (Wildman–Crippen MR) is 103 cm³/mol. The van der Waals surface area contributed by atoms with E-state index in [9.17, 15) is 9.59 Å². The summed E-state index contributed by atoms with van der Waals surface area (Å²) in [6.07, 6.45) is -0.658. The van der Waals surface area contributed by atoms with Crippen molar-refractivity contribution in [3.63, 3.8) is 0 Å². The van der Waals surface area contributed by atoms with Gasteiger partial charge in [-0.1, -0.05) is 41.9 Å². The predicted octanol–water partition coefficient (Wildman–Crippen LogP) is 4.85. The minimum absolute atomic E-state index is 0.368. The summed E-state index contributed by atoms with van der Waals surface area (Å²) in [6, 6.07) is 13.3. The minimum Gasteiger partial charge on any atom is -0.444 e. The Labute approximate surface area is 158 Å². The van der Waals surface area contributed by atoms with E-state index in [-0.39, 0.29) is 5.91 Å². The van der Waals surface area contributed by atoms with Crippen molar-refractivity contribution >= 4 is 29.3 Å². The van der Waals surface area contributed by atoms with Gasteiger partial charge in [0.05, 0.1) is 0 Å². The zero-order valence-corrected chi connectivity index (χ0v) is 16.1. The summed E-state index contributed by atoms with van der Waals surface area (Å²) in [5, 5.41) is 6.07. The fourth-order valence-electron chi connectivity index (χ4n) is 2.34. The fourth-order valence-corrected chi connectivity index (χ4v) is 2.57. The lowest BCUT2D eigenvalue weighted by atomic mass is 10.1. The van der Waals surface area contributed by atoms with Crippen LogP contribution >= 0.6 is 11.6 Å². The molecule has 26 heavy (non-hydrogen) atoms. The van der Waals surface area contributed by atoms with E-state index in [1.54, 1.807) is 63.2 Å². The van der Waals surface area contributed by atoms with Crippen LogP contribution in [0, 0.1) is 6.92 Å². The maximum Gasteiger partial charge on any atom is 0.408 e. The molecule has 2 rings (SSSR count). The van der Waals surface area contributed by atoms with Crippen molar-refractivity contribution in [2.75, 3.05) is 5.32 Å². The van der Waals surface area contributed by atoms with Crippen molar-refractivity contribution in [3.8, 4) is 0 Å². The molecule has 5 nitrogen and oxygen atoms in total. The summed E-state index contributed by atoms with van der Waals surface area (Å²) in [5.74, 6) is -0.368. The molecule has 0 spiro atoms. The number of hydrogen-bond acceptors (Lipinski definition) is 3. The summed E-state index contributed by atoms with van der Waals surface area (Å²) in [4.78, 5) is 25.0. The van der Waals surface area contributed by atoms with E-state index in [0.29, 0.717) is 16.3 Å². The highest BCUT2D eigenvalue weighted by Crippen LogP contribution is 2.22. The molecule has 0 aliphatic rings. The number of halogens is 1. The van der Waals surface area contributed by atoms with Gasteiger partial charge in [-0.2, -0.15) is 0 Å². The normalized spacial score (nSPS) is 12.2. The number of benzene rings is 2. The highest BCUT2D eigenvalue weighted by Gasteiger charge is 2.26. The van der Waals surface area contributed by atoms with Crippen LogP contribution in [0.2, 0.25) is 5.02 Å². The lowest BCUT2D eigenvalue weighted by Crippen LogP contribution is -2.40. The van der Waals surface area contributed by atoms with E-state index in [1.807, 2.05) is 13.0 Å². The van der Waals surface area contributed by atoms with Crippen molar-refractivity contribution in [3.05, 3.63) is 64.7 Å². The molecule has 0 heterocycles. The highest BCUT2D eigenvalue weighted by atomic mass is 35.5. The molecule has 2 N–H and O–H groups in total. The van der Waals surface area contributed by atoms with Gasteiger partial charge in [-0.25, -0.2) is 4.79 Å². The number of rotatable bonds is 4. The van der Waals surface area contributed by atoms with Gasteiger partial charge < -0.3 is 15.4 Å². The van der Waals surface area contributed by atoms with Gasteiger partial charge in [-0.3, -0.25) is 4.79 Å². The number of carbonyl (C=O) groups excluding carboxylic acids is 2. The van der Waals surface area contributed by atoms with Crippen LogP contribution in [0.5, 0.6) is 0 Å². The molecule has 2 aromatic carbocycles. The van der Waals surface area contributed by atoms with Crippen LogP contribution in [-0.4, -0.2) is 17.6 Å². The topological polar surface area (TPSA) is 67.4 Å². The second kappa shape index (κ2) is 8.23. The molecular weight excluding hydrogens is 352 g/mol. The van der Waals surface area contributed by atoms with Gasteiger partial charge in [0.2, 0.25) is 0 Å². The molecule has 6 heteroatoms. The third-order valence-corrected chi connectivity index (χ3v) is 3.74. The number of nitrogens with one attached hydrogen (secondary N) is 2. The van der Waals surface area contributed by atoms with Gasteiger partial charge in [-0.15, -0.1) is 0 Å². The molecule has 0 saturated heterocycles. The summed E-state index contributed by atoms with van der Waals surface area (Å²) < 4.78 is 5.28. The SMILES string of the molecule is Cc1cc(Cl)ccc1NC(=O)C(NC(=O)OC(C)(C)C)c1ccccc1. The van der Waals surface area contributed by atoms with E-state index in [4.69, 9.17) is 16.3 Å². The monoisotopic (exact) mass is 374 g/mol. The number of anilines is 1. The van der Waals surface area contributed by atoms with Gasteiger partial charge >= 0.3 is 6.09 Å². The number of alkyl carbamates (subject to hydrolysis) is 1.